The molecule has 200 valence electrons. The van der Waals surface area contributed by atoms with Gasteiger partial charge in [0.15, 0.2) is 0 Å². The maximum absolute atomic E-state index is 13.8. The van der Waals surface area contributed by atoms with Crippen LogP contribution >= 0.6 is 0 Å². The first-order chi connectivity index (χ1) is 17.6. The Bertz CT molecular complexity index is 1100. The molecule has 3 fully saturated rings. The van der Waals surface area contributed by atoms with Gasteiger partial charge in [0.25, 0.3) is 5.91 Å². The van der Waals surface area contributed by atoms with E-state index >= 15 is 0 Å². The van der Waals surface area contributed by atoms with Gasteiger partial charge in [-0.15, -0.1) is 0 Å². The number of likely N-dealkylation sites (tertiary alicyclic amines) is 1. The molecule has 2 aliphatic heterocycles. The van der Waals surface area contributed by atoms with Gasteiger partial charge in [0.2, 0.25) is 0 Å². The van der Waals surface area contributed by atoms with Crippen LogP contribution in [0.5, 0.6) is 0 Å². The number of carbonyl (C=O) groups is 1. The first-order valence-corrected chi connectivity index (χ1v) is 12.9. The molecule has 4 nitrogen and oxygen atoms in total. The van der Waals surface area contributed by atoms with E-state index in [1.807, 2.05) is 12.1 Å². The van der Waals surface area contributed by atoms with Crippen molar-refractivity contribution in [3.8, 4) is 0 Å². The van der Waals surface area contributed by atoms with E-state index in [1.54, 1.807) is 0 Å². The third-order valence-corrected chi connectivity index (χ3v) is 8.13. The lowest BCUT2D eigenvalue weighted by Crippen LogP contribution is -2.57. The zero-order chi connectivity index (χ0) is 26.2. The highest BCUT2D eigenvalue weighted by Crippen LogP contribution is 2.47. The average molecular weight is 523 g/mol. The van der Waals surface area contributed by atoms with Crippen molar-refractivity contribution in [2.24, 2.45) is 5.92 Å². The molecule has 0 spiro atoms. The molecule has 0 radical (unpaired) electrons. The van der Waals surface area contributed by atoms with E-state index in [4.69, 9.17) is 4.74 Å². The van der Waals surface area contributed by atoms with Gasteiger partial charge in [-0.25, -0.2) is 8.78 Å². The number of ether oxygens (including phenoxy) is 1. The maximum atomic E-state index is 13.8. The SMILES string of the molecule is O=C(NCc1cc(F)cc(C(F)(F)F)c1)[C@@]1(C2CC2)CCC(N2CCC(c3ccc(F)cc3)CC2)CO1. The molecule has 0 aromatic heterocycles. The number of carbonyl (C=O) groups excluding carboxylic acids is 1. The van der Waals surface area contributed by atoms with Gasteiger partial charge in [0.05, 0.1) is 12.2 Å². The van der Waals surface area contributed by atoms with Gasteiger partial charge in [-0.1, -0.05) is 12.1 Å². The molecule has 2 saturated heterocycles. The highest BCUT2D eigenvalue weighted by molar-refractivity contribution is 5.86. The number of rotatable bonds is 6. The fourth-order valence-corrected chi connectivity index (χ4v) is 5.89. The second-order valence-electron chi connectivity index (χ2n) is 10.6. The molecule has 0 bridgehead atoms. The number of nitrogens with one attached hydrogen (secondary N) is 1. The van der Waals surface area contributed by atoms with Gasteiger partial charge in [-0.05, 0) is 105 Å². The van der Waals surface area contributed by atoms with Gasteiger partial charge in [0.1, 0.15) is 17.2 Å². The average Bonchev–Trinajstić information content (AvgIpc) is 3.73. The van der Waals surface area contributed by atoms with Gasteiger partial charge in [-0.3, -0.25) is 9.69 Å². The van der Waals surface area contributed by atoms with Crippen LogP contribution in [0.3, 0.4) is 0 Å². The molecule has 3 aliphatic rings. The van der Waals surface area contributed by atoms with Crippen molar-refractivity contribution < 1.29 is 31.5 Å². The molecule has 1 N–H and O–H groups in total. The number of alkyl halides is 3. The molecule has 37 heavy (non-hydrogen) atoms. The van der Waals surface area contributed by atoms with E-state index < -0.39 is 23.2 Å². The summed E-state index contributed by atoms with van der Waals surface area (Å²) < 4.78 is 72.4. The standard InChI is InChI=1S/C28H31F5N2O2/c29-23-5-1-19(2-6-23)20-8-11-35(12-9-20)25-7-10-27(37-17-25,21-3-4-21)26(36)34-16-18-13-22(28(31,32)33)15-24(30)14-18/h1-2,5-6,13-15,20-21,25H,3-4,7-12,16-17H2,(H,34,36)/t25?,27-/m0/s1. The molecular formula is C28H31F5N2O2. The molecule has 1 amide bonds. The van der Waals surface area contributed by atoms with Gasteiger partial charge >= 0.3 is 6.18 Å². The normalized spacial score (nSPS) is 25.7. The van der Waals surface area contributed by atoms with E-state index in [-0.39, 0.29) is 35.8 Å². The maximum Gasteiger partial charge on any atom is 0.416 e. The van der Waals surface area contributed by atoms with Crippen LogP contribution < -0.4 is 5.32 Å². The quantitative estimate of drug-likeness (QED) is 0.487. The van der Waals surface area contributed by atoms with Crippen LogP contribution in [0.1, 0.15) is 61.1 Å². The van der Waals surface area contributed by atoms with Crippen molar-refractivity contribution in [2.75, 3.05) is 19.7 Å². The van der Waals surface area contributed by atoms with Crippen LogP contribution in [-0.4, -0.2) is 42.1 Å². The third-order valence-electron chi connectivity index (χ3n) is 8.13. The Hall–Kier alpha value is -2.52. The van der Waals surface area contributed by atoms with E-state index in [0.717, 1.165) is 62.9 Å². The fraction of sp³-hybridized carbons (Fsp3) is 0.536. The number of hydrogen-bond donors (Lipinski definition) is 1. The summed E-state index contributed by atoms with van der Waals surface area (Å²) in [4.78, 5) is 15.7. The summed E-state index contributed by atoms with van der Waals surface area (Å²) in [5.41, 5.74) is -0.840. The minimum Gasteiger partial charge on any atom is -0.363 e. The van der Waals surface area contributed by atoms with Crippen molar-refractivity contribution >= 4 is 5.91 Å². The number of hydrogen-bond acceptors (Lipinski definition) is 3. The van der Waals surface area contributed by atoms with Crippen molar-refractivity contribution in [2.45, 2.75) is 68.8 Å². The largest absolute Gasteiger partial charge is 0.416 e. The Balaban J connectivity index is 1.17. The Morgan fingerprint density at radius 2 is 1.68 bits per heavy atom. The minimum absolute atomic E-state index is 0.0596. The number of benzene rings is 2. The molecule has 9 heteroatoms. The Kier molecular flexibility index (Phi) is 7.29. The second-order valence-corrected chi connectivity index (χ2v) is 10.6. The summed E-state index contributed by atoms with van der Waals surface area (Å²) in [6, 6.07) is 9.24. The summed E-state index contributed by atoms with van der Waals surface area (Å²) in [6.45, 7) is 2.03. The Labute approximate surface area is 213 Å². The van der Waals surface area contributed by atoms with Crippen molar-refractivity contribution in [3.63, 3.8) is 0 Å². The molecular weight excluding hydrogens is 491 g/mol. The molecule has 5 rings (SSSR count). The number of nitrogens with zero attached hydrogens (tertiary/aromatic N) is 1. The predicted molar refractivity (Wildman–Crippen MR) is 128 cm³/mol. The zero-order valence-corrected chi connectivity index (χ0v) is 20.5. The summed E-state index contributed by atoms with van der Waals surface area (Å²) in [7, 11) is 0. The van der Waals surface area contributed by atoms with Crippen molar-refractivity contribution in [1.82, 2.24) is 10.2 Å². The Morgan fingerprint density at radius 1 is 0.973 bits per heavy atom. The minimum atomic E-state index is -4.66. The third kappa shape index (κ3) is 5.82. The number of piperidine rings is 1. The highest BCUT2D eigenvalue weighted by atomic mass is 19.4. The number of halogens is 5. The lowest BCUT2D eigenvalue weighted by Gasteiger charge is -2.45. The van der Waals surface area contributed by atoms with Crippen LogP contribution in [0.4, 0.5) is 22.0 Å². The predicted octanol–water partition coefficient (Wildman–Crippen LogP) is 5.81. The van der Waals surface area contributed by atoms with Crippen LogP contribution in [0.25, 0.3) is 0 Å². The van der Waals surface area contributed by atoms with Crippen LogP contribution in [0.15, 0.2) is 42.5 Å². The van der Waals surface area contributed by atoms with E-state index in [2.05, 4.69) is 10.2 Å². The first-order valence-electron chi connectivity index (χ1n) is 12.9. The van der Waals surface area contributed by atoms with Gasteiger partial charge in [0, 0.05) is 12.6 Å². The van der Waals surface area contributed by atoms with Gasteiger partial charge < -0.3 is 10.1 Å². The summed E-state index contributed by atoms with van der Waals surface area (Å²) >= 11 is 0. The highest BCUT2D eigenvalue weighted by Gasteiger charge is 2.54. The molecule has 1 aliphatic carbocycles. The molecule has 2 heterocycles. The smallest absolute Gasteiger partial charge is 0.363 e. The summed E-state index contributed by atoms with van der Waals surface area (Å²) in [5.74, 6) is -1.06. The fourth-order valence-electron chi connectivity index (χ4n) is 5.89. The lowest BCUT2D eigenvalue weighted by molar-refractivity contribution is -0.165. The van der Waals surface area contributed by atoms with Crippen molar-refractivity contribution in [3.05, 3.63) is 70.8 Å². The van der Waals surface area contributed by atoms with E-state index in [9.17, 15) is 26.7 Å². The van der Waals surface area contributed by atoms with Crippen molar-refractivity contribution in [1.29, 1.82) is 0 Å². The zero-order valence-electron chi connectivity index (χ0n) is 20.5. The first kappa shape index (κ1) is 26.1. The van der Waals surface area contributed by atoms with Gasteiger partial charge in [-0.2, -0.15) is 13.2 Å². The topological polar surface area (TPSA) is 41.6 Å². The molecule has 2 aromatic carbocycles. The van der Waals surface area contributed by atoms with E-state index in [0.29, 0.717) is 25.0 Å². The molecule has 1 saturated carbocycles. The summed E-state index contributed by atoms with van der Waals surface area (Å²) in [6.07, 6.45) is 0.379. The van der Waals surface area contributed by atoms with E-state index in [1.165, 1.54) is 12.1 Å². The monoisotopic (exact) mass is 522 g/mol. The second kappa shape index (κ2) is 10.3. The van der Waals surface area contributed by atoms with Crippen LogP contribution in [-0.2, 0) is 22.3 Å². The molecule has 2 aromatic rings. The van der Waals surface area contributed by atoms with Crippen LogP contribution in [0.2, 0.25) is 0 Å². The number of amides is 1. The van der Waals surface area contributed by atoms with Crippen LogP contribution in [0, 0.1) is 17.6 Å². The molecule has 1 unspecified atom stereocenters. The lowest BCUT2D eigenvalue weighted by atomic mass is 9.84. The Morgan fingerprint density at radius 3 is 2.27 bits per heavy atom. The molecule has 2 atom stereocenters. The summed E-state index contributed by atoms with van der Waals surface area (Å²) in [5, 5.41) is 2.72.